The van der Waals surface area contributed by atoms with Crippen LogP contribution in [0.3, 0.4) is 0 Å². The molecule has 5 heteroatoms. The molecule has 0 radical (unpaired) electrons. The van der Waals surface area contributed by atoms with Gasteiger partial charge in [0.25, 0.3) is 5.92 Å². The Hall–Kier alpha value is -1.36. The van der Waals surface area contributed by atoms with Crippen molar-refractivity contribution in [1.29, 1.82) is 0 Å². The fourth-order valence-electron chi connectivity index (χ4n) is 1.72. The molecule has 2 rings (SSSR count). The molecule has 16 heavy (non-hydrogen) atoms. The van der Waals surface area contributed by atoms with E-state index in [0.717, 1.165) is 6.92 Å². The SMILES string of the molecule is CC(F)(F)c1cc2c(cc1CCO)OCO2. The van der Waals surface area contributed by atoms with E-state index in [1.807, 2.05) is 0 Å². The Kier molecular flexibility index (Phi) is 2.71. The number of rotatable bonds is 3. The molecule has 0 spiro atoms. The predicted octanol–water partition coefficient (Wildman–Crippen LogP) is 2.06. The van der Waals surface area contributed by atoms with Crippen LogP contribution in [0.5, 0.6) is 11.5 Å². The number of benzene rings is 1. The molecule has 0 unspecified atom stereocenters. The van der Waals surface area contributed by atoms with Crippen molar-refractivity contribution in [3.05, 3.63) is 23.3 Å². The molecule has 0 fully saturated rings. The van der Waals surface area contributed by atoms with Gasteiger partial charge in [0, 0.05) is 19.1 Å². The minimum atomic E-state index is -2.95. The highest BCUT2D eigenvalue weighted by Gasteiger charge is 2.30. The molecule has 1 aromatic rings. The van der Waals surface area contributed by atoms with Crippen molar-refractivity contribution in [3.8, 4) is 11.5 Å². The van der Waals surface area contributed by atoms with E-state index in [2.05, 4.69) is 0 Å². The first-order chi connectivity index (χ1) is 7.52. The Morgan fingerprint density at radius 1 is 1.31 bits per heavy atom. The summed E-state index contributed by atoms with van der Waals surface area (Å²) in [6.07, 6.45) is 0.176. The lowest BCUT2D eigenvalue weighted by Gasteiger charge is -2.16. The van der Waals surface area contributed by atoms with Gasteiger partial charge in [0.1, 0.15) is 0 Å². The Morgan fingerprint density at radius 2 is 1.94 bits per heavy atom. The van der Waals surface area contributed by atoms with E-state index < -0.39 is 5.92 Å². The normalized spacial score (nSPS) is 14.2. The van der Waals surface area contributed by atoms with E-state index in [4.69, 9.17) is 14.6 Å². The summed E-state index contributed by atoms with van der Waals surface area (Å²) in [4.78, 5) is 0. The van der Waals surface area contributed by atoms with Gasteiger partial charge in [-0.15, -0.1) is 0 Å². The zero-order chi connectivity index (χ0) is 11.8. The number of fused-ring (bicyclic) bond motifs is 1. The average Bonchev–Trinajstić information content (AvgIpc) is 2.62. The minimum absolute atomic E-state index is 0.0483. The highest BCUT2D eigenvalue weighted by Crippen LogP contribution is 2.40. The van der Waals surface area contributed by atoms with Crippen molar-refractivity contribution in [2.75, 3.05) is 13.4 Å². The predicted molar refractivity (Wildman–Crippen MR) is 52.9 cm³/mol. The van der Waals surface area contributed by atoms with Crippen molar-refractivity contribution < 1.29 is 23.4 Å². The van der Waals surface area contributed by atoms with Gasteiger partial charge in [-0.25, -0.2) is 8.78 Å². The molecule has 88 valence electrons. The molecule has 0 aromatic heterocycles. The van der Waals surface area contributed by atoms with Gasteiger partial charge in [-0.05, 0) is 24.1 Å². The highest BCUT2D eigenvalue weighted by atomic mass is 19.3. The summed E-state index contributed by atoms with van der Waals surface area (Å²) in [7, 11) is 0. The summed E-state index contributed by atoms with van der Waals surface area (Å²) < 4.78 is 36.8. The molecular formula is C11H12F2O3. The van der Waals surface area contributed by atoms with E-state index in [-0.39, 0.29) is 25.4 Å². The Morgan fingerprint density at radius 3 is 2.50 bits per heavy atom. The second-order valence-corrected chi connectivity index (χ2v) is 3.72. The molecule has 1 aliphatic rings. The molecular weight excluding hydrogens is 218 g/mol. The van der Waals surface area contributed by atoms with Crippen LogP contribution in [-0.2, 0) is 12.3 Å². The fraction of sp³-hybridized carbons (Fsp3) is 0.455. The summed E-state index contributed by atoms with van der Waals surface area (Å²) in [5, 5.41) is 8.84. The molecule has 0 bridgehead atoms. The minimum Gasteiger partial charge on any atom is -0.454 e. The zero-order valence-corrected chi connectivity index (χ0v) is 8.80. The van der Waals surface area contributed by atoms with E-state index >= 15 is 0 Å². The van der Waals surface area contributed by atoms with Crippen LogP contribution >= 0.6 is 0 Å². The van der Waals surface area contributed by atoms with Crippen molar-refractivity contribution in [2.24, 2.45) is 0 Å². The maximum Gasteiger partial charge on any atom is 0.270 e. The monoisotopic (exact) mass is 230 g/mol. The highest BCUT2D eigenvalue weighted by molar-refractivity contribution is 5.50. The third-order valence-corrected chi connectivity index (χ3v) is 2.45. The van der Waals surface area contributed by atoms with Crippen LogP contribution in [0.1, 0.15) is 18.1 Å². The van der Waals surface area contributed by atoms with Gasteiger partial charge in [0.15, 0.2) is 11.5 Å². The van der Waals surface area contributed by atoms with E-state index in [0.29, 0.717) is 17.1 Å². The van der Waals surface area contributed by atoms with E-state index in [1.165, 1.54) is 12.1 Å². The fourth-order valence-corrected chi connectivity index (χ4v) is 1.72. The van der Waals surface area contributed by atoms with Crippen LogP contribution in [0.2, 0.25) is 0 Å². The number of aliphatic hydroxyl groups excluding tert-OH is 1. The lowest BCUT2D eigenvalue weighted by Crippen LogP contribution is -2.11. The number of halogens is 2. The van der Waals surface area contributed by atoms with Gasteiger partial charge in [0.05, 0.1) is 0 Å². The first-order valence-electron chi connectivity index (χ1n) is 4.94. The third-order valence-electron chi connectivity index (χ3n) is 2.45. The van der Waals surface area contributed by atoms with E-state index in [9.17, 15) is 8.78 Å². The van der Waals surface area contributed by atoms with Crippen LogP contribution in [-0.4, -0.2) is 18.5 Å². The lowest BCUT2D eigenvalue weighted by molar-refractivity contribution is 0.0162. The Balaban J connectivity index is 2.49. The maximum atomic E-state index is 13.3. The summed E-state index contributed by atoms with van der Waals surface area (Å²) in [5.74, 6) is -2.17. The largest absolute Gasteiger partial charge is 0.454 e. The molecule has 0 atom stereocenters. The molecule has 3 nitrogen and oxygen atoms in total. The van der Waals surface area contributed by atoms with Crippen molar-refractivity contribution in [2.45, 2.75) is 19.3 Å². The molecule has 1 heterocycles. The van der Waals surface area contributed by atoms with Crippen LogP contribution < -0.4 is 9.47 Å². The molecule has 1 N–H and O–H groups in total. The second kappa shape index (κ2) is 3.90. The first-order valence-corrected chi connectivity index (χ1v) is 4.94. The van der Waals surface area contributed by atoms with Crippen LogP contribution in [0, 0.1) is 0 Å². The number of hydrogen-bond donors (Lipinski definition) is 1. The van der Waals surface area contributed by atoms with Gasteiger partial charge in [-0.2, -0.15) is 0 Å². The lowest BCUT2D eigenvalue weighted by atomic mass is 9.99. The first kappa shape index (κ1) is 11.1. The molecule has 0 saturated carbocycles. The number of hydrogen-bond acceptors (Lipinski definition) is 3. The van der Waals surface area contributed by atoms with Crippen molar-refractivity contribution in [3.63, 3.8) is 0 Å². The van der Waals surface area contributed by atoms with Crippen LogP contribution in [0.4, 0.5) is 8.78 Å². The Bertz CT molecular complexity index is 399. The van der Waals surface area contributed by atoms with Gasteiger partial charge in [-0.1, -0.05) is 0 Å². The molecule has 0 saturated heterocycles. The van der Waals surface area contributed by atoms with Crippen LogP contribution in [0.25, 0.3) is 0 Å². The van der Waals surface area contributed by atoms with Gasteiger partial charge < -0.3 is 14.6 Å². The van der Waals surface area contributed by atoms with Crippen molar-refractivity contribution in [1.82, 2.24) is 0 Å². The zero-order valence-electron chi connectivity index (χ0n) is 8.80. The standard InChI is InChI=1S/C11H12F2O3/c1-11(12,13)8-5-10-9(15-6-16-10)4-7(8)2-3-14/h4-5,14H,2-3,6H2,1H3. The molecule has 0 aliphatic carbocycles. The summed E-state index contributed by atoms with van der Waals surface area (Å²) >= 11 is 0. The molecule has 1 aromatic carbocycles. The quantitative estimate of drug-likeness (QED) is 0.863. The smallest absolute Gasteiger partial charge is 0.270 e. The second-order valence-electron chi connectivity index (χ2n) is 3.72. The summed E-state index contributed by atoms with van der Waals surface area (Å²) in [5.41, 5.74) is 0.269. The van der Waals surface area contributed by atoms with Gasteiger partial charge in [0.2, 0.25) is 6.79 Å². The number of aliphatic hydroxyl groups is 1. The third kappa shape index (κ3) is 1.95. The average molecular weight is 230 g/mol. The summed E-state index contributed by atoms with van der Waals surface area (Å²) in [6.45, 7) is 0.695. The topological polar surface area (TPSA) is 38.7 Å². The van der Waals surface area contributed by atoms with Gasteiger partial charge >= 0.3 is 0 Å². The van der Waals surface area contributed by atoms with E-state index in [1.54, 1.807) is 0 Å². The maximum absolute atomic E-state index is 13.3. The Labute approximate surface area is 91.6 Å². The number of ether oxygens (including phenoxy) is 2. The van der Waals surface area contributed by atoms with Crippen LogP contribution in [0.15, 0.2) is 12.1 Å². The summed E-state index contributed by atoms with van der Waals surface area (Å²) in [6, 6.07) is 2.79. The molecule has 1 aliphatic heterocycles. The van der Waals surface area contributed by atoms with Gasteiger partial charge in [-0.3, -0.25) is 0 Å². The number of alkyl halides is 2. The van der Waals surface area contributed by atoms with Crippen molar-refractivity contribution >= 4 is 0 Å². The molecule has 0 amide bonds.